The Balaban J connectivity index is 2.03. The van der Waals surface area contributed by atoms with Gasteiger partial charge in [0.25, 0.3) is 0 Å². The second kappa shape index (κ2) is 7.67. The molecule has 144 valence electrons. The molecule has 0 atom stereocenters. The molecule has 1 aliphatic rings. The summed E-state index contributed by atoms with van der Waals surface area (Å²) in [4.78, 5) is 26.6. The van der Waals surface area contributed by atoms with Crippen LogP contribution in [0.5, 0.6) is 0 Å². The highest BCUT2D eigenvalue weighted by Crippen LogP contribution is 2.31. The number of rotatable bonds is 3. The maximum absolute atomic E-state index is 14.3. The number of amides is 1. The van der Waals surface area contributed by atoms with Gasteiger partial charge < -0.3 is 20.5 Å². The molecule has 0 aliphatic carbocycles. The molecule has 1 saturated heterocycles. The van der Waals surface area contributed by atoms with E-state index < -0.39 is 17.4 Å². The van der Waals surface area contributed by atoms with Crippen LogP contribution >= 0.6 is 11.6 Å². The van der Waals surface area contributed by atoms with Crippen LogP contribution in [0.25, 0.3) is 0 Å². The van der Waals surface area contributed by atoms with E-state index in [1.807, 2.05) is 4.90 Å². The van der Waals surface area contributed by atoms with E-state index in [1.165, 1.54) is 0 Å². The Hall–Kier alpha value is -2.06. The van der Waals surface area contributed by atoms with Crippen molar-refractivity contribution in [2.45, 2.75) is 32.9 Å². The quantitative estimate of drug-likeness (QED) is 0.774. The van der Waals surface area contributed by atoms with Crippen molar-refractivity contribution in [1.29, 1.82) is 0 Å². The number of carboxylic acid groups (broad SMARTS) is 1. The number of carbonyl (C=O) groups excluding carboxylic acids is 1. The summed E-state index contributed by atoms with van der Waals surface area (Å²) in [6.45, 7) is 7.49. The van der Waals surface area contributed by atoms with E-state index in [1.54, 1.807) is 25.7 Å². The van der Waals surface area contributed by atoms with Crippen LogP contribution in [-0.4, -0.2) is 58.7 Å². The summed E-state index contributed by atoms with van der Waals surface area (Å²) in [6.07, 6.45) is -0.378. The molecule has 1 fully saturated rings. The normalized spacial score (nSPS) is 15.8. The van der Waals surface area contributed by atoms with Crippen LogP contribution in [-0.2, 0) is 11.3 Å². The van der Waals surface area contributed by atoms with Crippen molar-refractivity contribution >= 4 is 29.4 Å². The molecule has 7 nitrogen and oxygen atoms in total. The third-order valence-electron chi connectivity index (χ3n) is 3.99. The minimum atomic E-state index is -1.33. The number of nitrogens with zero attached hydrogens (tertiary/aromatic N) is 2. The van der Waals surface area contributed by atoms with Crippen LogP contribution < -0.4 is 5.73 Å². The highest BCUT2D eigenvalue weighted by Gasteiger charge is 2.27. The molecule has 1 aromatic rings. The molecule has 0 unspecified atom stereocenters. The molecule has 1 amide bonds. The van der Waals surface area contributed by atoms with Gasteiger partial charge in [-0.3, -0.25) is 4.90 Å². The van der Waals surface area contributed by atoms with Crippen molar-refractivity contribution in [3.05, 3.63) is 28.0 Å². The molecular formula is C17H23ClFN3O4. The predicted octanol–water partition coefficient (Wildman–Crippen LogP) is 2.81. The fourth-order valence-electron chi connectivity index (χ4n) is 2.64. The van der Waals surface area contributed by atoms with E-state index >= 15 is 0 Å². The maximum Gasteiger partial charge on any atom is 0.410 e. The van der Waals surface area contributed by atoms with Crippen LogP contribution in [0.15, 0.2) is 6.07 Å². The Morgan fingerprint density at radius 3 is 2.38 bits per heavy atom. The molecule has 0 bridgehead atoms. The molecule has 0 spiro atoms. The molecule has 1 heterocycles. The molecule has 2 rings (SSSR count). The zero-order valence-electron chi connectivity index (χ0n) is 15.0. The number of nitrogen functional groups attached to an aromatic ring is 1. The number of anilines is 1. The summed E-state index contributed by atoms with van der Waals surface area (Å²) in [5.74, 6) is -2.04. The lowest BCUT2D eigenvalue weighted by Crippen LogP contribution is -2.49. The van der Waals surface area contributed by atoms with E-state index in [4.69, 9.17) is 27.2 Å². The van der Waals surface area contributed by atoms with Crippen LogP contribution in [0, 0.1) is 5.82 Å². The van der Waals surface area contributed by atoms with Crippen molar-refractivity contribution < 1.29 is 23.8 Å². The Morgan fingerprint density at radius 1 is 1.31 bits per heavy atom. The lowest BCUT2D eigenvalue weighted by molar-refractivity contribution is 0.0138. The zero-order chi connectivity index (χ0) is 19.6. The van der Waals surface area contributed by atoms with Gasteiger partial charge in [-0.1, -0.05) is 11.6 Å². The SMILES string of the molecule is CC(C)(C)OC(=O)N1CCN(Cc2c(F)cc(C(=O)O)c(N)c2Cl)CC1. The second-order valence-electron chi connectivity index (χ2n) is 7.16. The number of nitrogens with two attached hydrogens (primary N) is 1. The molecule has 3 N–H and O–H groups in total. The number of carboxylic acids is 1. The van der Waals surface area contributed by atoms with Crippen molar-refractivity contribution in [3.8, 4) is 0 Å². The van der Waals surface area contributed by atoms with Gasteiger partial charge >= 0.3 is 12.1 Å². The number of hydrogen-bond donors (Lipinski definition) is 2. The van der Waals surface area contributed by atoms with Gasteiger partial charge in [0.1, 0.15) is 11.4 Å². The summed E-state index contributed by atoms with van der Waals surface area (Å²) < 4.78 is 19.6. The monoisotopic (exact) mass is 387 g/mol. The van der Waals surface area contributed by atoms with Gasteiger partial charge in [0.05, 0.1) is 16.3 Å². The van der Waals surface area contributed by atoms with E-state index in [-0.39, 0.29) is 34.5 Å². The van der Waals surface area contributed by atoms with Gasteiger partial charge in [0, 0.05) is 38.3 Å². The topological polar surface area (TPSA) is 96.1 Å². The number of aromatic carboxylic acids is 1. The Kier molecular flexibility index (Phi) is 5.98. The second-order valence-corrected chi connectivity index (χ2v) is 7.54. The molecule has 26 heavy (non-hydrogen) atoms. The van der Waals surface area contributed by atoms with Gasteiger partial charge in [0.15, 0.2) is 0 Å². The number of carbonyl (C=O) groups is 2. The molecule has 1 aliphatic heterocycles. The van der Waals surface area contributed by atoms with Crippen molar-refractivity contribution in [2.24, 2.45) is 0 Å². The lowest BCUT2D eigenvalue weighted by Gasteiger charge is -2.35. The van der Waals surface area contributed by atoms with Gasteiger partial charge in [-0.15, -0.1) is 0 Å². The predicted molar refractivity (Wildman–Crippen MR) is 95.9 cm³/mol. The average Bonchev–Trinajstić information content (AvgIpc) is 2.53. The first-order chi connectivity index (χ1) is 12.0. The molecule has 0 saturated carbocycles. The number of piperazine rings is 1. The van der Waals surface area contributed by atoms with Crippen molar-refractivity contribution in [1.82, 2.24) is 9.80 Å². The standard InChI is InChI=1S/C17H23ClFN3O4/c1-17(2,3)26-16(25)22-6-4-21(5-7-22)9-11-12(19)8-10(15(23)24)14(20)13(11)18/h8H,4-7,9,20H2,1-3H3,(H,23,24). The third kappa shape index (κ3) is 4.76. The first-order valence-electron chi connectivity index (χ1n) is 8.19. The number of ether oxygens (including phenoxy) is 1. The Labute approximate surface area is 156 Å². The van der Waals surface area contributed by atoms with Gasteiger partial charge in [-0.25, -0.2) is 14.0 Å². The van der Waals surface area contributed by atoms with Crippen LogP contribution in [0.2, 0.25) is 5.02 Å². The average molecular weight is 388 g/mol. The summed E-state index contributed by atoms with van der Waals surface area (Å²) in [7, 11) is 0. The number of halogens is 2. The molecule has 9 heteroatoms. The highest BCUT2D eigenvalue weighted by atomic mass is 35.5. The van der Waals surface area contributed by atoms with Crippen LogP contribution in [0.1, 0.15) is 36.7 Å². The first kappa shape index (κ1) is 20.3. The van der Waals surface area contributed by atoms with Gasteiger partial charge in [-0.2, -0.15) is 0 Å². The fourth-order valence-corrected chi connectivity index (χ4v) is 2.89. The summed E-state index contributed by atoms with van der Waals surface area (Å²) >= 11 is 6.08. The maximum atomic E-state index is 14.3. The van der Waals surface area contributed by atoms with Crippen molar-refractivity contribution in [3.63, 3.8) is 0 Å². The lowest BCUT2D eigenvalue weighted by atomic mass is 10.1. The van der Waals surface area contributed by atoms with Crippen LogP contribution in [0.4, 0.5) is 14.9 Å². The molecular weight excluding hydrogens is 365 g/mol. The third-order valence-corrected chi connectivity index (χ3v) is 4.42. The Bertz CT molecular complexity index is 713. The van der Waals surface area contributed by atoms with E-state index in [0.29, 0.717) is 26.2 Å². The largest absolute Gasteiger partial charge is 0.478 e. The van der Waals surface area contributed by atoms with E-state index in [0.717, 1.165) is 6.07 Å². The minimum absolute atomic E-state index is 0.0861. The highest BCUT2D eigenvalue weighted by molar-refractivity contribution is 6.34. The molecule has 0 radical (unpaired) electrons. The number of hydrogen-bond acceptors (Lipinski definition) is 5. The van der Waals surface area contributed by atoms with E-state index in [9.17, 15) is 14.0 Å². The fraction of sp³-hybridized carbons (Fsp3) is 0.529. The molecule has 1 aromatic carbocycles. The van der Waals surface area contributed by atoms with E-state index in [2.05, 4.69) is 0 Å². The number of benzene rings is 1. The van der Waals surface area contributed by atoms with Crippen LogP contribution in [0.3, 0.4) is 0 Å². The summed E-state index contributed by atoms with van der Waals surface area (Å²) in [5, 5.41) is 8.94. The molecule has 0 aromatic heterocycles. The summed E-state index contributed by atoms with van der Waals surface area (Å²) in [6, 6.07) is 0.885. The summed E-state index contributed by atoms with van der Waals surface area (Å²) in [5.41, 5.74) is 4.80. The van der Waals surface area contributed by atoms with Gasteiger partial charge in [-0.05, 0) is 26.8 Å². The van der Waals surface area contributed by atoms with Gasteiger partial charge in [0.2, 0.25) is 0 Å². The first-order valence-corrected chi connectivity index (χ1v) is 8.57. The zero-order valence-corrected chi connectivity index (χ0v) is 15.8. The smallest absolute Gasteiger partial charge is 0.410 e. The Morgan fingerprint density at radius 2 is 1.88 bits per heavy atom. The van der Waals surface area contributed by atoms with Crippen molar-refractivity contribution in [2.75, 3.05) is 31.9 Å². The minimum Gasteiger partial charge on any atom is -0.478 e.